The Kier molecular flexibility index (Phi) is 8.09. The summed E-state index contributed by atoms with van der Waals surface area (Å²) in [4.78, 5) is 27.5. The first-order valence-electron chi connectivity index (χ1n) is 9.73. The molecule has 2 rings (SSSR count). The molecule has 0 saturated heterocycles. The summed E-state index contributed by atoms with van der Waals surface area (Å²) >= 11 is 5.89. The Morgan fingerprint density at radius 1 is 1.07 bits per heavy atom. The van der Waals surface area contributed by atoms with Crippen molar-refractivity contribution >= 4 is 23.4 Å². The van der Waals surface area contributed by atoms with Crippen molar-refractivity contribution in [3.63, 3.8) is 0 Å². The normalized spacial score (nSPS) is 12.2. The highest BCUT2D eigenvalue weighted by Crippen LogP contribution is 2.17. The van der Waals surface area contributed by atoms with Crippen LogP contribution >= 0.6 is 11.6 Å². The van der Waals surface area contributed by atoms with Crippen LogP contribution < -0.4 is 10.1 Å². The Hall–Kier alpha value is -2.53. The maximum Gasteiger partial charge on any atom is 0.261 e. The molecule has 0 saturated carbocycles. The van der Waals surface area contributed by atoms with Crippen LogP contribution in [0.25, 0.3) is 0 Å². The van der Waals surface area contributed by atoms with Gasteiger partial charge in [0, 0.05) is 17.1 Å². The maximum atomic E-state index is 13.1. The lowest BCUT2D eigenvalue weighted by Gasteiger charge is -2.33. The topological polar surface area (TPSA) is 58.6 Å². The molecule has 0 aliphatic rings. The average Bonchev–Trinajstić information content (AvgIpc) is 2.66. The highest BCUT2D eigenvalue weighted by molar-refractivity contribution is 6.30. The van der Waals surface area contributed by atoms with Crippen molar-refractivity contribution in [3.8, 4) is 5.75 Å². The van der Waals surface area contributed by atoms with Crippen molar-refractivity contribution in [3.05, 3.63) is 65.2 Å². The number of halogens is 1. The lowest BCUT2D eigenvalue weighted by molar-refractivity contribution is -0.143. The molecule has 2 amide bonds. The minimum atomic E-state index is -0.587. The third-order valence-corrected chi connectivity index (χ3v) is 4.51. The SMILES string of the molecule is CC[C@H](C(=O)NC(C)(C)C)N(Cc1ccccc1)C(=O)COc1ccc(Cl)cc1. The molecule has 0 aliphatic heterocycles. The van der Waals surface area contributed by atoms with Crippen LogP contribution in [0, 0.1) is 0 Å². The molecule has 0 aromatic heterocycles. The first kappa shape index (κ1) is 22.8. The molecule has 29 heavy (non-hydrogen) atoms. The largest absolute Gasteiger partial charge is 0.484 e. The number of amides is 2. The predicted molar refractivity (Wildman–Crippen MR) is 116 cm³/mol. The lowest BCUT2D eigenvalue weighted by atomic mass is 10.1. The van der Waals surface area contributed by atoms with Crippen molar-refractivity contribution in [2.75, 3.05) is 6.61 Å². The smallest absolute Gasteiger partial charge is 0.261 e. The quantitative estimate of drug-likeness (QED) is 0.692. The maximum absolute atomic E-state index is 13.1. The van der Waals surface area contributed by atoms with Crippen LogP contribution in [0.2, 0.25) is 5.02 Å². The van der Waals surface area contributed by atoms with Crippen molar-refractivity contribution in [2.45, 2.75) is 52.2 Å². The Morgan fingerprint density at radius 3 is 2.24 bits per heavy atom. The fraction of sp³-hybridized carbons (Fsp3) is 0.391. The van der Waals surface area contributed by atoms with E-state index in [9.17, 15) is 9.59 Å². The molecule has 0 radical (unpaired) electrons. The summed E-state index contributed by atoms with van der Waals surface area (Å²) in [5.74, 6) is 0.130. The molecule has 0 unspecified atom stereocenters. The van der Waals surface area contributed by atoms with Gasteiger partial charge < -0.3 is 15.0 Å². The zero-order valence-corrected chi connectivity index (χ0v) is 18.2. The van der Waals surface area contributed by atoms with Crippen LogP contribution in [-0.2, 0) is 16.1 Å². The Bertz CT molecular complexity index is 801. The Morgan fingerprint density at radius 2 is 1.69 bits per heavy atom. The summed E-state index contributed by atoms with van der Waals surface area (Å²) in [5, 5.41) is 3.58. The number of hydrogen-bond acceptors (Lipinski definition) is 3. The van der Waals surface area contributed by atoms with E-state index in [0.29, 0.717) is 23.7 Å². The number of benzene rings is 2. The second-order valence-electron chi connectivity index (χ2n) is 7.91. The van der Waals surface area contributed by atoms with Gasteiger partial charge in [-0.15, -0.1) is 0 Å². The number of nitrogens with one attached hydrogen (secondary N) is 1. The van der Waals surface area contributed by atoms with Gasteiger partial charge >= 0.3 is 0 Å². The van der Waals surface area contributed by atoms with Crippen molar-refractivity contribution < 1.29 is 14.3 Å². The van der Waals surface area contributed by atoms with Gasteiger partial charge in [0.25, 0.3) is 5.91 Å². The zero-order valence-electron chi connectivity index (χ0n) is 17.4. The van der Waals surface area contributed by atoms with E-state index in [1.54, 1.807) is 29.2 Å². The third kappa shape index (κ3) is 7.42. The number of hydrogen-bond donors (Lipinski definition) is 1. The monoisotopic (exact) mass is 416 g/mol. The van der Waals surface area contributed by atoms with E-state index in [1.807, 2.05) is 58.0 Å². The van der Waals surface area contributed by atoms with Gasteiger partial charge in [0.05, 0.1) is 0 Å². The van der Waals surface area contributed by atoms with Gasteiger partial charge in [-0.3, -0.25) is 9.59 Å². The fourth-order valence-electron chi connectivity index (χ4n) is 2.91. The summed E-state index contributed by atoms with van der Waals surface area (Å²) in [6.07, 6.45) is 0.501. The lowest BCUT2D eigenvalue weighted by Crippen LogP contribution is -2.54. The highest BCUT2D eigenvalue weighted by Gasteiger charge is 2.30. The summed E-state index contributed by atoms with van der Waals surface area (Å²) < 4.78 is 5.64. The molecule has 0 heterocycles. The van der Waals surface area contributed by atoms with E-state index in [4.69, 9.17) is 16.3 Å². The molecule has 0 spiro atoms. The number of carbonyl (C=O) groups excluding carboxylic acids is 2. The molecule has 2 aromatic rings. The van der Waals surface area contributed by atoms with E-state index >= 15 is 0 Å². The minimum absolute atomic E-state index is 0.159. The van der Waals surface area contributed by atoms with Gasteiger partial charge in [-0.1, -0.05) is 48.9 Å². The van der Waals surface area contributed by atoms with Crippen molar-refractivity contribution in [1.29, 1.82) is 0 Å². The summed E-state index contributed by atoms with van der Waals surface area (Å²) in [7, 11) is 0. The molecule has 5 nitrogen and oxygen atoms in total. The molecule has 1 atom stereocenters. The minimum Gasteiger partial charge on any atom is -0.484 e. The molecular weight excluding hydrogens is 388 g/mol. The first-order chi connectivity index (χ1) is 13.7. The second kappa shape index (κ2) is 10.3. The third-order valence-electron chi connectivity index (χ3n) is 4.26. The molecule has 0 bridgehead atoms. The van der Waals surface area contributed by atoms with Crippen molar-refractivity contribution in [2.24, 2.45) is 0 Å². The first-order valence-corrected chi connectivity index (χ1v) is 10.1. The fourth-order valence-corrected chi connectivity index (χ4v) is 3.04. The Balaban J connectivity index is 2.19. The van der Waals surface area contributed by atoms with E-state index < -0.39 is 6.04 Å². The molecular formula is C23H29ClN2O3. The van der Waals surface area contributed by atoms with Crippen molar-refractivity contribution in [1.82, 2.24) is 10.2 Å². The molecule has 156 valence electrons. The molecule has 0 aliphatic carbocycles. The van der Waals surface area contributed by atoms with Gasteiger partial charge in [-0.2, -0.15) is 0 Å². The number of rotatable bonds is 8. The summed E-state index contributed by atoms with van der Waals surface area (Å²) in [6.45, 7) is 7.84. The van der Waals surface area contributed by atoms with Crippen LogP contribution in [0.3, 0.4) is 0 Å². The van der Waals surface area contributed by atoms with E-state index in [1.165, 1.54) is 0 Å². The van der Waals surface area contributed by atoms with Crippen LogP contribution in [0.15, 0.2) is 54.6 Å². The summed E-state index contributed by atoms with van der Waals surface area (Å²) in [6, 6.07) is 15.9. The van der Waals surface area contributed by atoms with Crippen LogP contribution in [0.5, 0.6) is 5.75 Å². The highest BCUT2D eigenvalue weighted by atomic mass is 35.5. The number of ether oxygens (including phenoxy) is 1. The second-order valence-corrected chi connectivity index (χ2v) is 8.35. The zero-order chi connectivity index (χ0) is 21.4. The van der Waals surface area contributed by atoms with Crippen LogP contribution in [0.1, 0.15) is 39.7 Å². The van der Waals surface area contributed by atoms with Gasteiger partial charge in [0.2, 0.25) is 5.91 Å². The summed E-state index contributed by atoms with van der Waals surface area (Å²) in [5.41, 5.74) is 0.570. The van der Waals surface area contributed by atoms with E-state index in [2.05, 4.69) is 5.32 Å². The molecule has 1 N–H and O–H groups in total. The van der Waals surface area contributed by atoms with E-state index in [0.717, 1.165) is 5.56 Å². The average molecular weight is 417 g/mol. The van der Waals surface area contributed by atoms with E-state index in [-0.39, 0.29) is 24.0 Å². The van der Waals surface area contributed by atoms with Gasteiger partial charge in [-0.05, 0) is 57.0 Å². The van der Waals surface area contributed by atoms with Gasteiger partial charge in [0.15, 0.2) is 6.61 Å². The van der Waals surface area contributed by atoms with Gasteiger partial charge in [0.1, 0.15) is 11.8 Å². The molecule has 2 aromatic carbocycles. The predicted octanol–water partition coefficient (Wildman–Crippen LogP) is 4.44. The van der Waals surface area contributed by atoms with Gasteiger partial charge in [-0.25, -0.2) is 0 Å². The number of nitrogens with zero attached hydrogens (tertiary/aromatic N) is 1. The van der Waals surface area contributed by atoms with Crippen LogP contribution in [0.4, 0.5) is 0 Å². The Labute approximate surface area is 178 Å². The molecule has 6 heteroatoms. The number of carbonyl (C=O) groups is 2. The molecule has 0 fully saturated rings. The van der Waals surface area contributed by atoms with Crippen LogP contribution in [-0.4, -0.2) is 34.9 Å². The standard InChI is InChI=1S/C23H29ClN2O3/c1-5-20(22(28)25-23(2,3)4)26(15-17-9-7-6-8-10-17)21(27)16-29-19-13-11-18(24)12-14-19/h6-14,20H,5,15-16H2,1-4H3,(H,25,28)/t20-/m1/s1.